The van der Waals surface area contributed by atoms with Crippen molar-refractivity contribution in [3.8, 4) is 24.5 Å². The first kappa shape index (κ1) is 21.2. The Morgan fingerprint density at radius 3 is 2.33 bits per heavy atom. The summed E-state index contributed by atoms with van der Waals surface area (Å²) in [5.74, 6) is 4.04. The molecular weight excluding hydrogens is 372 g/mol. The Labute approximate surface area is 178 Å². The van der Waals surface area contributed by atoms with Crippen LogP contribution in [0.15, 0.2) is 36.4 Å². The Balaban J connectivity index is 1.50. The Morgan fingerprint density at radius 2 is 1.70 bits per heavy atom. The van der Waals surface area contributed by atoms with Gasteiger partial charge in [-0.25, -0.2) is 4.98 Å². The van der Waals surface area contributed by atoms with E-state index in [-0.39, 0.29) is 6.54 Å². The maximum Gasteiger partial charge on any atom is 0.147 e. The van der Waals surface area contributed by atoms with Crippen molar-refractivity contribution in [2.24, 2.45) is 5.92 Å². The van der Waals surface area contributed by atoms with Crippen molar-refractivity contribution in [3.05, 3.63) is 53.1 Å². The molecule has 2 aromatic rings. The van der Waals surface area contributed by atoms with E-state index in [1.54, 1.807) is 6.07 Å². The molecule has 152 valence electrons. The van der Waals surface area contributed by atoms with E-state index in [9.17, 15) is 10.5 Å². The summed E-state index contributed by atoms with van der Waals surface area (Å²) >= 11 is 0. The molecule has 0 spiro atoms. The van der Waals surface area contributed by atoms with Crippen molar-refractivity contribution >= 4 is 11.6 Å². The van der Waals surface area contributed by atoms with Crippen LogP contribution in [-0.4, -0.2) is 36.1 Å². The Bertz CT molecular complexity index is 956. The molecule has 3 rings (SSSR count). The molecular formula is C24H26N6. The average molecular weight is 399 g/mol. The third-order valence-electron chi connectivity index (χ3n) is 5.42. The summed E-state index contributed by atoms with van der Waals surface area (Å²) in [6, 6.07) is 16.3. The van der Waals surface area contributed by atoms with Gasteiger partial charge in [-0.05, 0) is 49.9 Å². The number of nitrogens with zero attached hydrogens (tertiary/aromatic N) is 4. The van der Waals surface area contributed by atoms with Crippen LogP contribution in [0, 0.1) is 40.9 Å². The van der Waals surface area contributed by atoms with Gasteiger partial charge < -0.3 is 10.6 Å². The van der Waals surface area contributed by atoms with Crippen LogP contribution in [0.4, 0.5) is 11.6 Å². The van der Waals surface area contributed by atoms with Gasteiger partial charge in [0, 0.05) is 13.1 Å². The van der Waals surface area contributed by atoms with Crippen molar-refractivity contribution < 1.29 is 0 Å². The van der Waals surface area contributed by atoms with Crippen molar-refractivity contribution in [2.45, 2.75) is 25.8 Å². The van der Waals surface area contributed by atoms with Gasteiger partial charge in [0.1, 0.15) is 23.8 Å². The van der Waals surface area contributed by atoms with Crippen LogP contribution in [0.1, 0.15) is 36.0 Å². The van der Waals surface area contributed by atoms with Crippen molar-refractivity contribution in [3.63, 3.8) is 0 Å². The van der Waals surface area contributed by atoms with Gasteiger partial charge in [-0.15, -0.1) is 6.42 Å². The molecule has 30 heavy (non-hydrogen) atoms. The summed E-state index contributed by atoms with van der Waals surface area (Å²) in [7, 11) is 0. The summed E-state index contributed by atoms with van der Waals surface area (Å²) in [5, 5.41) is 24.9. The summed E-state index contributed by atoms with van der Waals surface area (Å²) in [6.07, 6.45) is 8.66. The smallest absolute Gasteiger partial charge is 0.147 e. The maximum absolute atomic E-state index is 9.41. The molecule has 6 nitrogen and oxygen atoms in total. The molecule has 0 unspecified atom stereocenters. The van der Waals surface area contributed by atoms with E-state index < -0.39 is 0 Å². The standard InChI is InChI=1S/C24H26N6/c1-2-11-27-23-21(16-25)15-22(17-26)24(29-23)28-12-8-19-9-13-30(14-10-19)18-20-6-4-3-5-7-20/h1,3-7,15,19H,8-14,18H2,(H2,27,28,29). The first-order valence-electron chi connectivity index (χ1n) is 10.3. The Morgan fingerprint density at radius 1 is 1.03 bits per heavy atom. The number of hydrogen-bond donors (Lipinski definition) is 2. The van der Waals surface area contributed by atoms with E-state index in [2.05, 4.69) is 68.9 Å². The van der Waals surface area contributed by atoms with Crippen molar-refractivity contribution in [1.82, 2.24) is 9.88 Å². The van der Waals surface area contributed by atoms with Crippen LogP contribution >= 0.6 is 0 Å². The Kier molecular flexibility index (Phi) is 7.67. The average Bonchev–Trinajstić information content (AvgIpc) is 2.79. The number of benzene rings is 1. The van der Waals surface area contributed by atoms with Gasteiger partial charge in [0.25, 0.3) is 0 Å². The molecule has 0 bridgehead atoms. The molecule has 0 radical (unpaired) electrons. The highest BCUT2D eigenvalue weighted by molar-refractivity contribution is 5.64. The van der Waals surface area contributed by atoms with Gasteiger partial charge in [0.15, 0.2) is 0 Å². The molecule has 1 saturated heterocycles. The lowest BCUT2D eigenvalue weighted by Crippen LogP contribution is -2.33. The second kappa shape index (κ2) is 10.9. The lowest BCUT2D eigenvalue weighted by Gasteiger charge is -2.32. The zero-order valence-electron chi connectivity index (χ0n) is 17.1. The predicted molar refractivity (Wildman–Crippen MR) is 119 cm³/mol. The van der Waals surface area contributed by atoms with E-state index in [0.717, 1.165) is 32.6 Å². The van der Waals surface area contributed by atoms with Crippen LogP contribution < -0.4 is 10.6 Å². The fourth-order valence-corrected chi connectivity index (χ4v) is 3.76. The van der Waals surface area contributed by atoms with E-state index in [1.165, 1.54) is 18.4 Å². The molecule has 6 heteroatoms. The number of anilines is 2. The monoisotopic (exact) mass is 398 g/mol. The topological polar surface area (TPSA) is 87.8 Å². The SMILES string of the molecule is C#CCNc1nc(NCCC2CCN(Cc3ccccc3)CC2)c(C#N)cc1C#N. The molecule has 0 amide bonds. The number of nitrogens with one attached hydrogen (secondary N) is 2. The van der Waals surface area contributed by atoms with Gasteiger partial charge >= 0.3 is 0 Å². The zero-order chi connectivity index (χ0) is 21.2. The number of aromatic nitrogens is 1. The van der Waals surface area contributed by atoms with Gasteiger partial charge in [0.05, 0.1) is 17.7 Å². The second-order valence-electron chi connectivity index (χ2n) is 7.48. The summed E-state index contributed by atoms with van der Waals surface area (Å²) < 4.78 is 0. The highest BCUT2D eigenvalue weighted by atomic mass is 15.1. The number of likely N-dealkylation sites (tertiary alicyclic amines) is 1. The van der Waals surface area contributed by atoms with Crippen LogP contribution in [0.5, 0.6) is 0 Å². The number of nitriles is 2. The van der Waals surface area contributed by atoms with E-state index in [0.29, 0.717) is 28.7 Å². The largest absolute Gasteiger partial charge is 0.369 e. The number of hydrogen-bond acceptors (Lipinski definition) is 6. The Hall–Kier alpha value is -3.53. The predicted octanol–water partition coefficient (Wildman–Crippen LogP) is 3.58. The normalized spacial score (nSPS) is 14.3. The van der Waals surface area contributed by atoms with Gasteiger partial charge in [-0.2, -0.15) is 10.5 Å². The molecule has 1 aliphatic heterocycles. The molecule has 2 heterocycles. The molecule has 0 saturated carbocycles. The van der Waals surface area contributed by atoms with Gasteiger partial charge in [-0.1, -0.05) is 36.3 Å². The maximum atomic E-state index is 9.41. The minimum absolute atomic E-state index is 0.272. The highest BCUT2D eigenvalue weighted by Crippen LogP contribution is 2.24. The summed E-state index contributed by atoms with van der Waals surface area (Å²) in [6.45, 7) is 4.25. The highest BCUT2D eigenvalue weighted by Gasteiger charge is 2.19. The molecule has 1 aromatic carbocycles. The van der Waals surface area contributed by atoms with E-state index in [4.69, 9.17) is 6.42 Å². The minimum Gasteiger partial charge on any atom is -0.369 e. The second-order valence-corrected chi connectivity index (χ2v) is 7.48. The van der Waals surface area contributed by atoms with Gasteiger partial charge in [-0.3, -0.25) is 4.90 Å². The zero-order valence-corrected chi connectivity index (χ0v) is 17.1. The third kappa shape index (κ3) is 5.74. The molecule has 2 N–H and O–H groups in total. The van der Waals surface area contributed by atoms with Crippen LogP contribution in [0.2, 0.25) is 0 Å². The van der Waals surface area contributed by atoms with Crippen LogP contribution in [0.3, 0.4) is 0 Å². The molecule has 1 aliphatic rings. The number of rotatable bonds is 8. The first-order chi connectivity index (χ1) is 14.7. The van der Waals surface area contributed by atoms with Crippen molar-refractivity contribution in [2.75, 3.05) is 36.8 Å². The number of terminal acetylenes is 1. The minimum atomic E-state index is 0.272. The molecule has 1 fully saturated rings. The summed E-state index contributed by atoms with van der Waals surface area (Å²) in [5.41, 5.74) is 2.05. The molecule has 0 aliphatic carbocycles. The fourth-order valence-electron chi connectivity index (χ4n) is 3.76. The lowest BCUT2D eigenvalue weighted by molar-refractivity contribution is 0.174. The number of pyridine rings is 1. The van der Waals surface area contributed by atoms with E-state index in [1.807, 2.05) is 0 Å². The first-order valence-corrected chi connectivity index (χ1v) is 10.3. The molecule has 0 atom stereocenters. The third-order valence-corrected chi connectivity index (χ3v) is 5.42. The fraction of sp³-hybridized carbons (Fsp3) is 0.375. The quantitative estimate of drug-likeness (QED) is 0.661. The van der Waals surface area contributed by atoms with Crippen LogP contribution in [-0.2, 0) is 6.54 Å². The summed E-state index contributed by atoms with van der Waals surface area (Å²) in [4.78, 5) is 6.93. The van der Waals surface area contributed by atoms with Crippen molar-refractivity contribution in [1.29, 1.82) is 10.5 Å². The van der Waals surface area contributed by atoms with E-state index >= 15 is 0 Å². The lowest BCUT2D eigenvalue weighted by atomic mass is 9.93. The molecule has 1 aromatic heterocycles. The van der Waals surface area contributed by atoms with Gasteiger partial charge in [0.2, 0.25) is 0 Å². The van der Waals surface area contributed by atoms with Crippen LogP contribution in [0.25, 0.3) is 0 Å². The number of piperidine rings is 1.